The van der Waals surface area contributed by atoms with Crippen molar-refractivity contribution in [2.75, 3.05) is 7.11 Å². The van der Waals surface area contributed by atoms with Gasteiger partial charge in [0.05, 0.1) is 0 Å². The minimum absolute atomic E-state index is 0.347. The van der Waals surface area contributed by atoms with Crippen LogP contribution in [0.4, 0.5) is 0 Å². The second-order valence-corrected chi connectivity index (χ2v) is 1.82. The van der Waals surface area contributed by atoms with Gasteiger partial charge in [0.25, 0.3) is 0 Å². The van der Waals surface area contributed by atoms with E-state index in [4.69, 9.17) is 15.3 Å². The van der Waals surface area contributed by atoms with Crippen molar-refractivity contribution in [1.29, 1.82) is 0 Å². The third-order valence-electron chi connectivity index (χ3n) is 1.09. The molecule has 0 rings (SSSR count). The third-order valence-corrected chi connectivity index (χ3v) is 1.09. The zero-order chi connectivity index (χ0) is 7.49. The molecule has 9 heavy (non-hydrogen) atoms. The molecule has 4 nitrogen and oxygen atoms in total. The molecule has 0 saturated heterocycles. The van der Waals surface area contributed by atoms with Crippen molar-refractivity contribution in [3.05, 3.63) is 0 Å². The van der Waals surface area contributed by atoms with Crippen LogP contribution in [0, 0.1) is 0 Å². The Labute approximate surface area is 53.7 Å². The fraction of sp³-hybridized carbons (Fsp3) is 1.00. The molecule has 0 bridgehead atoms. The summed E-state index contributed by atoms with van der Waals surface area (Å²) in [6.07, 6.45) is -0.586. The Morgan fingerprint density at radius 3 is 1.89 bits per heavy atom. The third kappa shape index (κ3) is 2.76. The van der Waals surface area contributed by atoms with Crippen molar-refractivity contribution in [3.8, 4) is 0 Å². The van der Waals surface area contributed by atoms with E-state index in [-0.39, 0.29) is 0 Å². The molecule has 0 radical (unpaired) electrons. The average Bonchev–Trinajstić information content (AvgIpc) is 1.65. The molecule has 0 spiro atoms. The van der Waals surface area contributed by atoms with E-state index < -0.39 is 12.1 Å². The highest BCUT2D eigenvalue weighted by Gasteiger charge is 2.30. The van der Waals surface area contributed by atoms with Gasteiger partial charge in [-0.1, -0.05) is 6.92 Å². The van der Waals surface area contributed by atoms with Gasteiger partial charge in [-0.25, -0.2) is 0 Å². The topological polar surface area (TPSA) is 69.9 Å². The number of hydrogen-bond acceptors (Lipinski definition) is 4. The van der Waals surface area contributed by atoms with Crippen molar-refractivity contribution in [2.45, 2.75) is 25.4 Å². The maximum atomic E-state index is 8.46. The normalized spacial score (nSPS) is 15.7. The molecule has 56 valence electrons. The monoisotopic (exact) mass is 136 g/mol. The van der Waals surface area contributed by atoms with Crippen molar-refractivity contribution in [3.63, 3.8) is 0 Å². The molecular formula is C5H12O4. The first-order chi connectivity index (χ1) is 4.02. The fourth-order valence-electron chi connectivity index (χ4n) is 0.599. The molecule has 1 atom stereocenters. The molecule has 0 aliphatic rings. The Morgan fingerprint density at radius 1 is 1.44 bits per heavy atom. The van der Waals surface area contributed by atoms with E-state index in [0.29, 0.717) is 6.42 Å². The van der Waals surface area contributed by atoms with Crippen LogP contribution in [0.3, 0.4) is 0 Å². The highest BCUT2D eigenvalue weighted by molar-refractivity contribution is 4.61. The van der Waals surface area contributed by atoms with Crippen molar-refractivity contribution >= 4 is 0 Å². The summed E-state index contributed by atoms with van der Waals surface area (Å²) in [5.74, 6) is -2.70. The van der Waals surface area contributed by atoms with Gasteiger partial charge in [0.15, 0.2) is 0 Å². The van der Waals surface area contributed by atoms with E-state index in [1.54, 1.807) is 6.92 Å². The van der Waals surface area contributed by atoms with Gasteiger partial charge in [-0.05, 0) is 6.42 Å². The maximum absolute atomic E-state index is 8.46. The molecule has 0 aliphatic heterocycles. The van der Waals surface area contributed by atoms with Crippen LogP contribution in [0.5, 0.6) is 0 Å². The van der Waals surface area contributed by atoms with Gasteiger partial charge < -0.3 is 20.1 Å². The lowest BCUT2D eigenvalue weighted by Gasteiger charge is -2.22. The van der Waals surface area contributed by atoms with Gasteiger partial charge in [-0.2, -0.15) is 0 Å². The molecular weight excluding hydrogens is 124 g/mol. The molecule has 0 fully saturated rings. The van der Waals surface area contributed by atoms with Gasteiger partial charge >= 0.3 is 5.97 Å². The summed E-state index contributed by atoms with van der Waals surface area (Å²) < 4.78 is 4.51. The van der Waals surface area contributed by atoms with E-state index in [1.165, 1.54) is 7.11 Å². The largest absolute Gasteiger partial charge is 0.373 e. The van der Waals surface area contributed by atoms with Crippen molar-refractivity contribution < 1.29 is 20.1 Å². The lowest BCUT2D eigenvalue weighted by Crippen LogP contribution is -2.42. The average molecular weight is 136 g/mol. The second kappa shape index (κ2) is 3.12. The van der Waals surface area contributed by atoms with Crippen LogP contribution in [0.25, 0.3) is 0 Å². The van der Waals surface area contributed by atoms with Crippen LogP contribution in [-0.4, -0.2) is 34.5 Å². The molecule has 0 amide bonds. The van der Waals surface area contributed by atoms with E-state index in [0.717, 1.165) is 0 Å². The van der Waals surface area contributed by atoms with Crippen molar-refractivity contribution in [2.24, 2.45) is 0 Å². The van der Waals surface area contributed by atoms with Crippen LogP contribution >= 0.6 is 0 Å². The van der Waals surface area contributed by atoms with Crippen molar-refractivity contribution in [1.82, 2.24) is 0 Å². The van der Waals surface area contributed by atoms with E-state index >= 15 is 0 Å². The van der Waals surface area contributed by atoms with Gasteiger partial charge in [-0.15, -0.1) is 0 Å². The predicted octanol–water partition coefficient (Wildman–Crippen LogP) is -0.958. The summed E-state index contributed by atoms with van der Waals surface area (Å²) in [5, 5.41) is 25.4. The molecule has 0 aromatic carbocycles. The maximum Gasteiger partial charge on any atom is 0.303 e. The highest BCUT2D eigenvalue weighted by atomic mass is 16.7. The number of aliphatic hydroxyl groups is 3. The van der Waals surface area contributed by atoms with Gasteiger partial charge in [0.2, 0.25) is 0 Å². The molecule has 0 heterocycles. The molecule has 1 unspecified atom stereocenters. The van der Waals surface area contributed by atoms with Crippen LogP contribution in [0.15, 0.2) is 0 Å². The lowest BCUT2D eigenvalue weighted by atomic mass is 10.2. The molecule has 0 aliphatic carbocycles. The smallest absolute Gasteiger partial charge is 0.303 e. The molecule has 4 heteroatoms. The fourth-order valence-corrected chi connectivity index (χ4v) is 0.599. The number of rotatable bonds is 3. The minimum Gasteiger partial charge on any atom is -0.373 e. The van der Waals surface area contributed by atoms with Crippen LogP contribution in [-0.2, 0) is 4.74 Å². The predicted molar refractivity (Wildman–Crippen MR) is 30.5 cm³/mol. The summed E-state index contributed by atoms with van der Waals surface area (Å²) in [6.45, 7) is 1.67. The van der Waals surface area contributed by atoms with Crippen LogP contribution in [0.1, 0.15) is 13.3 Å². The Balaban J connectivity index is 3.79. The lowest BCUT2D eigenvalue weighted by molar-refractivity contribution is -0.358. The number of methoxy groups -OCH3 is 1. The zero-order valence-corrected chi connectivity index (χ0v) is 5.53. The summed E-state index contributed by atoms with van der Waals surface area (Å²) in [7, 11) is 1.30. The Kier molecular flexibility index (Phi) is 3.07. The van der Waals surface area contributed by atoms with E-state index in [2.05, 4.69) is 4.74 Å². The number of ether oxygens (including phenoxy) is 1. The molecule has 3 N–H and O–H groups in total. The first-order valence-corrected chi connectivity index (χ1v) is 2.72. The Hall–Kier alpha value is -0.160. The van der Waals surface area contributed by atoms with Crippen LogP contribution in [0.2, 0.25) is 0 Å². The van der Waals surface area contributed by atoms with Gasteiger partial charge in [0.1, 0.15) is 6.10 Å². The van der Waals surface area contributed by atoms with Gasteiger partial charge in [-0.3, -0.25) is 0 Å². The first-order valence-electron chi connectivity index (χ1n) is 2.72. The van der Waals surface area contributed by atoms with E-state index in [9.17, 15) is 0 Å². The standard InChI is InChI=1S/C5H12O4/c1-3-4(9-2)5(6,7)8/h4,6-8H,3H2,1-2H3. The van der Waals surface area contributed by atoms with Gasteiger partial charge in [0, 0.05) is 7.11 Å². The Morgan fingerprint density at radius 2 is 1.89 bits per heavy atom. The zero-order valence-electron chi connectivity index (χ0n) is 5.53. The summed E-state index contributed by atoms with van der Waals surface area (Å²) >= 11 is 0. The number of hydrogen-bond donors (Lipinski definition) is 3. The molecule has 0 aromatic rings. The molecule has 0 saturated carbocycles. The first kappa shape index (κ1) is 8.84. The van der Waals surface area contributed by atoms with E-state index in [1.807, 2.05) is 0 Å². The Bertz CT molecular complexity index is 71.5. The summed E-state index contributed by atoms with van der Waals surface area (Å²) in [5.41, 5.74) is 0. The molecule has 0 aromatic heterocycles. The SMILES string of the molecule is CCC(OC)C(O)(O)O. The quantitative estimate of drug-likeness (QED) is 0.437. The van der Waals surface area contributed by atoms with Crippen LogP contribution < -0.4 is 0 Å². The minimum atomic E-state index is -2.70. The summed E-state index contributed by atoms with van der Waals surface area (Å²) in [4.78, 5) is 0. The highest BCUT2D eigenvalue weighted by Crippen LogP contribution is 2.08. The summed E-state index contributed by atoms with van der Waals surface area (Å²) in [6, 6.07) is 0. The second-order valence-electron chi connectivity index (χ2n) is 1.82.